The standard InChI is InChI=1S/C36H37O9P/c1-34(35(40-20-21-41-35)18-19-36(34)42-22-23-43-36)17-7-12-30(33(37)39-2)46(38)44-28-15-13-24-8-3-5-10-26(24)31(28)32-27-11-6-4-9-25(27)14-16-29(32)45-46/h3-6,8-11,13-16,30H,7,12,17-23H2,1-2H3. The second-order valence-corrected chi connectivity index (χ2v) is 14.8. The number of carbonyl (C=O) groups is 1. The van der Waals surface area contributed by atoms with Crippen LogP contribution < -0.4 is 13.9 Å². The van der Waals surface area contributed by atoms with Gasteiger partial charge in [0.15, 0.2) is 23.1 Å². The van der Waals surface area contributed by atoms with Gasteiger partial charge in [0.1, 0.15) is 0 Å². The molecule has 4 aromatic carbocycles. The van der Waals surface area contributed by atoms with Gasteiger partial charge in [-0.2, -0.15) is 0 Å². The molecule has 1 saturated carbocycles. The molecule has 3 fully saturated rings. The Morgan fingerprint density at radius 2 is 1.26 bits per heavy atom. The van der Waals surface area contributed by atoms with Gasteiger partial charge in [0.2, 0.25) is 5.66 Å². The Bertz CT molecular complexity index is 1700. The maximum atomic E-state index is 15.1. The zero-order valence-electron chi connectivity index (χ0n) is 26.0. The van der Waals surface area contributed by atoms with E-state index in [9.17, 15) is 4.79 Å². The summed E-state index contributed by atoms with van der Waals surface area (Å²) >= 11 is 0. The number of hydrogen-bond acceptors (Lipinski definition) is 9. The molecule has 3 aliphatic heterocycles. The third kappa shape index (κ3) is 4.40. The molecule has 0 bridgehead atoms. The summed E-state index contributed by atoms with van der Waals surface area (Å²) < 4.78 is 43.1. The highest BCUT2D eigenvalue weighted by atomic mass is 31.2. The molecule has 10 heteroatoms. The predicted molar refractivity (Wildman–Crippen MR) is 171 cm³/mol. The van der Waals surface area contributed by atoms with E-state index in [2.05, 4.69) is 6.92 Å². The minimum atomic E-state index is -4.21. The van der Waals surface area contributed by atoms with Gasteiger partial charge in [-0.1, -0.05) is 60.7 Å². The SMILES string of the molecule is COC(=O)C(CCCC1(C)C2(CCC13OCCO3)OCCO2)[P+]1([O-])Oc2ccc3ccccc3c2-c2c(ccc3ccccc23)O1. The summed E-state index contributed by atoms with van der Waals surface area (Å²) in [5, 5.41) is 3.88. The molecule has 46 heavy (non-hydrogen) atoms. The molecule has 1 unspecified atom stereocenters. The lowest BCUT2D eigenvalue weighted by molar-refractivity contribution is -0.302. The largest absolute Gasteiger partial charge is 0.616 e. The minimum absolute atomic E-state index is 0.178. The second-order valence-electron chi connectivity index (χ2n) is 12.7. The lowest BCUT2D eigenvalue weighted by Crippen LogP contribution is -2.55. The molecule has 8 rings (SSSR count). The van der Waals surface area contributed by atoms with Crippen molar-refractivity contribution in [1.29, 1.82) is 0 Å². The number of fused-ring (bicyclic) bond motifs is 7. The summed E-state index contributed by atoms with van der Waals surface area (Å²) in [5.41, 5.74) is -0.300. The van der Waals surface area contributed by atoms with Gasteiger partial charge in [0.25, 0.3) is 0 Å². The summed E-state index contributed by atoms with van der Waals surface area (Å²) in [6.45, 7) is 4.06. The fraction of sp³-hybridized carbons (Fsp3) is 0.417. The van der Waals surface area contributed by atoms with Crippen LogP contribution in [0.15, 0.2) is 72.8 Å². The molecule has 1 aliphatic carbocycles. The summed E-state index contributed by atoms with van der Waals surface area (Å²) in [6.07, 6.45) is 2.46. The molecule has 2 saturated heterocycles. The van der Waals surface area contributed by atoms with Crippen LogP contribution >= 0.6 is 7.94 Å². The van der Waals surface area contributed by atoms with E-state index >= 15 is 4.89 Å². The van der Waals surface area contributed by atoms with Crippen molar-refractivity contribution in [3.8, 4) is 22.6 Å². The predicted octanol–water partition coefficient (Wildman–Crippen LogP) is 6.55. The first-order valence-electron chi connectivity index (χ1n) is 16.0. The number of benzene rings is 4. The molecule has 0 aromatic heterocycles. The van der Waals surface area contributed by atoms with Gasteiger partial charge in [-0.3, -0.25) is 0 Å². The van der Waals surface area contributed by atoms with E-state index in [1.165, 1.54) is 7.11 Å². The normalized spacial score (nSPS) is 22.2. The maximum absolute atomic E-state index is 15.1. The Balaban J connectivity index is 1.18. The van der Waals surface area contributed by atoms with Gasteiger partial charge < -0.3 is 37.6 Å². The average Bonchev–Trinajstić information content (AvgIpc) is 3.79. The van der Waals surface area contributed by atoms with E-state index < -0.39 is 36.6 Å². The van der Waals surface area contributed by atoms with Crippen LogP contribution in [0, 0.1) is 5.41 Å². The van der Waals surface area contributed by atoms with Crippen LogP contribution in [0.4, 0.5) is 0 Å². The molecule has 4 aliphatic rings. The van der Waals surface area contributed by atoms with Crippen molar-refractivity contribution in [2.75, 3.05) is 33.5 Å². The van der Waals surface area contributed by atoms with Crippen molar-refractivity contribution >= 4 is 35.5 Å². The van der Waals surface area contributed by atoms with Gasteiger partial charge in [-0.15, -0.1) is 0 Å². The van der Waals surface area contributed by atoms with Crippen molar-refractivity contribution in [3.05, 3.63) is 72.8 Å². The molecule has 1 atom stereocenters. The lowest BCUT2D eigenvalue weighted by Gasteiger charge is -2.46. The first kappa shape index (κ1) is 30.1. The Hall–Kier alpha value is -3.30. The molecule has 3 heterocycles. The summed E-state index contributed by atoms with van der Waals surface area (Å²) in [4.78, 5) is 28.6. The summed E-state index contributed by atoms with van der Waals surface area (Å²) in [6, 6.07) is 23.5. The van der Waals surface area contributed by atoms with Gasteiger partial charge in [0, 0.05) is 30.4 Å². The van der Waals surface area contributed by atoms with Gasteiger partial charge in [-0.05, 0) is 53.4 Å². The minimum Gasteiger partial charge on any atom is -0.616 e. The molecule has 0 N–H and O–H groups in total. The third-order valence-corrected chi connectivity index (χ3v) is 12.6. The van der Waals surface area contributed by atoms with Crippen molar-refractivity contribution in [2.45, 2.75) is 56.3 Å². The highest BCUT2D eigenvalue weighted by Crippen LogP contribution is 2.66. The molecule has 0 amide bonds. The lowest BCUT2D eigenvalue weighted by atomic mass is 9.74. The summed E-state index contributed by atoms with van der Waals surface area (Å²) in [7, 11) is -2.91. The zero-order chi connectivity index (χ0) is 31.6. The smallest absolute Gasteiger partial charge is 0.353 e. The second kappa shape index (κ2) is 11.2. The first-order chi connectivity index (χ1) is 22.3. The number of rotatable bonds is 6. The fourth-order valence-electron chi connectivity index (χ4n) is 8.17. The maximum Gasteiger partial charge on any atom is 0.353 e. The van der Waals surface area contributed by atoms with Crippen molar-refractivity contribution in [2.24, 2.45) is 5.41 Å². The summed E-state index contributed by atoms with van der Waals surface area (Å²) in [5.74, 6) is -1.56. The number of esters is 1. The molecular weight excluding hydrogens is 607 g/mol. The van der Waals surface area contributed by atoms with Crippen LogP contribution in [0.1, 0.15) is 39.0 Å². The average molecular weight is 645 g/mol. The van der Waals surface area contributed by atoms with Gasteiger partial charge in [-0.25, -0.2) is 4.79 Å². The number of hydrogen-bond donors (Lipinski definition) is 0. The zero-order valence-corrected chi connectivity index (χ0v) is 26.9. The van der Waals surface area contributed by atoms with E-state index in [1.54, 1.807) is 0 Å². The molecule has 240 valence electrons. The number of methoxy groups -OCH3 is 1. The molecule has 0 radical (unpaired) electrons. The fourth-order valence-corrected chi connectivity index (χ4v) is 10.2. The topological polar surface area (TPSA) is 105 Å². The van der Waals surface area contributed by atoms with E-state index in [1.807, 2.05) is 72.8 Å². The van der Waals surface area contributed by atoms with Crippen LogP contribution in [-0.2, 0) is 28.5 Å². The first-order valence-corrected chi connectivity index (χ1v) is 17.6. The number of ether oxygens (including phenoxy) is 5. The van der Waals surface area contributed by atoms with Crippen LogP contribution in [-0.4, -0.2) is 56.7 Å². The van der Waals surface area contributed by atoms with Crippen LogP contribution in [0.2, 0.25) is 0 Å². The van der Waals surface area contributed by atoms with Gasteiger partial charge in [0.05, 0.1) is 39.0 Å². The van der Waals surface area contributed by atoms with E-state index in [4.69, 9.17) is 32.7 Å². The van der Waals surface area contributed by atoms with Crippen molar-refractivity contribution < 1.29 is 42.4 Å². The highest BCUT2D eigenvalue weighted by molar-refractivity contribution is 7.61. The molecule has 4 aromatic rings. The molecular formula is C36H37O9P. The Kier molecular flexibility index (Phi) is 7.29. The van der Waals surface area contributed by atoms with Crippen molar-refractivity contribution in [1.82, 2.24) is 0 Å². The van der Waals surface area contributed by atoms with Gasteiger partial charge >= 0.3 is 13.9 Å². The Morgan fingerprint density at radius 1 is 0.783 bits per heavy atom. The Morgan fingerprint density at radius 3 is 1.74 bits per heavy atom. The highest BCUT2D eigenvalue weighted by Gasteiger charge is 2.71. The monoisotopic (exact) mass is 644 g/mol. The van der Waals surface area contributed by atoms with E-state index in [0.717, 1.165) is 32.7 Å². The van der Waals surface area contributed by atoms with E-state index in [-0.39, 0.29) is 6.42 Å². The molecule has 9 nitrogen and oxygen atoms in total. The third-order valence-electron chi connectivity index (χ3n) is 10.5. The van der Waals surface area contributed by atoms with Crippen LogP contribution in [0.3, 0.4) is 0 Å². The molecule has 2 spiro atoms. The quantitative estimate of drug-likeness (QED) is 0.171. The Labute approximate surface area is 268 Å². The van der Waals surface area contributed by atoms with Crippen molar-refractivity contribution in [3.63, 3.8) is 0 Å². The van der Waals surface area contributed by atoms with E-state index in [0.29, 0.717) is 63.6 Å². The van der Waals surface area contributed by atoms with Crippen LogP contribution in [0.5, 0.6) is 11.5 Å². The van der Waals surface area contributed by atoms with Crippen LogP contribution in [0.25, 0.3) is 32.7 Å². The number of carbonyl (C=O) groups excluding carboxylic acids is 1.